The molecular formula is C17H23N3O. The SMILES string of the molecule is C=CCN(CCC)c1c(CO)c(C)nn1-c1ccccc1. The number of benzene rings is 1. The molecule has 0 spiro atoms. The molecule has 4 nitrogen and oxygen atoms in total. The Balaban J connectivity index is 2.57. The molecule has 4 heteroatoms. The summed E-state index contributed by atoms with van der Waals surface area (Å²) < 4.78 is 1.92. The van der Waals surface area contributed by atoms with E-state index >= 15 is 0 Å². The fourth-order valence-corrected chi connectivity index (χ4v) is 2.52. The second-order valence-corrected chi connectivity index (χ2v) is 5.03. The van der Waals surface area contributed by atoms with Crippen LogP contribution in [-0.4, -0.2) is 28.0 Å². The summed E-state index contributed by atoms with van der Waals surface area (Å²) in [5.41, 5.74) is 2.75. The quantitative estimate of drug-likeness (QED) is 0.795. The fourth-order valence-electron chi connectivity index (χ4n) is 2.52. The van der Waals surface area contributed by atoms with Crippen molar-refractivity contribution in [2.24, 2.45) is 0 Å². The highest BCUT2D eigenvalue weighted by Gasteiger charge is 2.20. The lowest BCUT2D eigenvalue weighted by atomic mass is 10.2. The van der Waals surface area contributed by atoms with E-state index in [4.69, 9.17) is 0 Å². The molecule has 0 aliphatic heterocycles. The van der Waals surface area contributed by atoms with Crippen LogP contribution >= 0.6 is 0 Å². The first-order chi connectivity index (χ1) is 10.2. The number of anilines is 1. The van der Waals surface area contributed by atoms with E-state index in [2.05, 4.69) is 23.5 Å². The van der Waals surface area contributed by atoms with Crippen molar-refractivity contribution < 1.29 is 5.11 Å². The fraction of sp³-hybridized carbons (Fsp3) is 0.353. The highest BCUT2D eigenvalue weighted by molar-refractivity contribution is 5.55. The Morgan fingerprint density at radius 3 is 2.62 bits per heavy atom. The van der Waals surface area contributed by atoms with E-state index in [1.807, 2.05) is 48.0 Å². The van der Waals surface area contributed by atoms with E-state index in [9.17, 15) is 5.11 Å². The zero-order valence-corrected chi connectivity index (χ0v) is 12.8. The van der Waals surface area contributed by atoms with Crippen LogP contribution in [0.4, 0.5) is 5.82 Å². The van der Waals surface area contributed by atoms with Gasteiger partial charge in [-0.05, 0) is 25.5 Å². The number of hydrogen-bond donors (Lipinski definition) is 1. The molecule has 1 aromatic carbocycles. The molecule has 0 atom stereocenters. The topological polar surface area (TPSA) is 41.3 Å². The van der Waals surface area contributed by atoms with Gasteiger partial charge in [0.2, 0.25) is 0 Å². The molecule has 0 radical (unpaired) electrons. The van der Waals surface area contributed by atoms with Gasteiger partial charge in [0.1, 0.15) is 5.82 Å². The van der Waals surface area contributed by atoms with Crippen LogP contribution in [0.3, 0.4) is 0 Å². The van der Waals surface area contributed by atoms with Crippen LogP contribution in [0, 0.1) is 6.92 Å². The van der Waals surface area contributed by atoms with E-state index in [0.717, 1.165) is 42.3 Å². The molecule has 0 bridgehead atoms. The molecule has 2 aromatic rings. The Morgan fingerprint density at radius 2 is 2.05 bits per heavy atom. The number of aryl methyl sites for hydroxylation is 1. The van der Waals surface area contributed by atoms with E-state index in [0.29, 0.717) is 0 Å². The molecule has 0 aliphatic rings. The van der Waals surface area contributed by atoms with E-state index < -0.39 is 0 Å². The lowest BCUT2D eigenvalue weighted by molar-refractivity contribution is 0.281. The third kappa shape index (κ3) is 3.16. The smallest absolute Gasteiger partial charge is 0.138 e. The van der Waals surface area contributed by atoms with Gasteiger partial charge in [-0.15, -0.1) is 6.58 Å². The molecule has 2 rings (SSSR count). The summed E-state index contributed by atoms with van der Waals surface area (Å²) in [6.07, 6.45) is 2.91. The summed E-state index contributed by atoms with van der Waals surface area (Å²) in [5, 5.41) is 14.4. The summed E-state index contributed by atoms with van der Waals surface area (Å²) in [4.78, 5) is 2.21. The molecule has 0 unspecified atom stereocenters. The molecule has 0 saturated heterocycles. The van der Waals surface area contributed by atoms with Crippen LogP contribution < -0.4 is 4.90 Å². The van der Waals surface area contributed by atoms with Crippen molar-refractivity contribution in [3.05, 3.63) is 54.2 Å². The van der Waals surface area contributed by atoms with Gasteiger partial charge in [0.15, 0.2) is 0 Å². The van der Waals surface area contributed by atoms with Gasteiger partial charge in [-0.25, -0.2) is 4.68 Å². The van der Waals surface area contributed by atoms with Crippen molar-refractivity contribution in [3.63, 3.8) is 0 Å². The maximum absolute atomic E-state index is 9.74. The minimum atomic E-state index is -0.00857. The number of para-hydroxylation sites is 1. The average Bonchev–Trinajstić information content (AvgIpc) is 2.84. The van der Waals surface area contributed by atoms with Crippen LogP contribution in [0.2, 0.25) is 0 Å². The largest absolute Gasteiger partial charge is 0.391 e. The molecule has 0 aliphatic carbocycles. The van der Waals surface area contributed by atoms with Crippen molar-refractivity contribution in [1.29, 1.82) is 0 Å². The predicted octanol–water partition coefficient (Wildman–Crippen LogP) is 3.08. The van der Waals surface area contributed by atoms with Crippen molar-refractivity contribution in [1.82, 2.24) is 9.78 Å². The molecular weight excluding hydrogens is 262 g/mol. The number of aliphatic hydroxyl groups is 1. The molecule has 1 N–H and O–H groups in total. The minimum Gasteiger partial charge on any atom is -0.391 e. The number of nitrogens with zero attached hydrogens (tertiary/aromatic N) is 3. The Bertz CT molecular complexity index is 590. The average molecular weight is 285 g/mol. The first-order valence-electron chi connectivity index (χ1n) is 7.33. The van der Waals surface area contributed by atoms with Gasteiger partial charge in [0, 0.05) is 18.7 Å². The summed E-state index contributed by atoms with van der Waals surface area (Å²) in [6.45, 7) is 9.55. The third-order valence-electron chi connectivity index (χ3n) is 3.46. The van der Waals surface area contributed by atoms with Gasteiger partial charge in [0.25, 0.3) is 0 Å². The lowest BCUT2D eigenvalue weighted by Gasteiger charge is -2.24. The molecule has 0 amide bonds. The monoisotopic (exact) mass is 285 g/mol. The van der Waals surface area contributed by atoms with Gasteiger partial charge in [-0.1, -0.05) is 31.2 Å². The van der Waals surface area contributed by atoms with E-state index in [1.54, 1.807) is 0 Å². The number of hydrogen-bond acceptors (Lipinski definition) is 3. The van der Waals surface area contributed by atoms with Gasteiger partial charge < -0.3 is 10.0 Å². The van der Waals surface area contributed by atoms with Crippen molar-refractivity contribution >= 4 is 5.82 Å². The number of aliphatic hydroxyl groups excluding tert-OH is 1. The summed E-state index contributed by atoms with van der Waals surface area (Å²) >= 11 is 0. The molecule has 1 heterocycles. The van der Waals surface area contributed by atoms with Gasteiger partial charge >= 0.3 is 0 Å². The zero-order valence-electron chi connectivity index (χ0n) is 12.8. The van der Waals surface area contributed by atoms with Gasteiger partial charge in [0.05, 0.1) is 18.0 Å². The van der Waals surface area contributed by atoms with Crippen molar-refractivity contribution in [2.45, 2.75) is 26.9 Å². The van der Waals surface area contributed by atoms with Crippen LogP contribution in [0.1, 0.15) is 24.6 Å². The minimum absolute atomic E-state index is 0.00857. The van der Waals surface area contributed by atoms with E-state index in [1.165, 1.54) is 0 Å². The predicted molar refractivity (Wildman–Crippen MR) is 86.9 cm³/mol. The van der Waals surface area contributed by atoms with Crippen LogP contribution in [0.15, 0.2) is 43.0 Å². The first-order valence-corrected chi connectivity index (χ1v) is 7.33. The van der Waals surface area contributed by atoms with Crippen molar-refractivity contribution in [3.8, 4) is 5.69 Å². The molecule has 1 aromatic heterocycles. The molecule has 0 fully saturated rings. The summed E-state index contributed by atoms with van der Waals surface area (Å²) in [5.74, 6) is 0.961. The number of aromatic nitrogens is 2. The van der Waals surface area contributed by atoms with Crippen molar-refractivity contribution in [2.75, 3.05) is 18.0 Å². The Hall–Kier alpha value is -2.07. The maximum Gasteiger partial charge on any atom is 0.138 e. The Labute approximate surface area is 126 Å². The highest BCUT2D eigenvalue weighted by Crippen LogP contribution is 2.27. The molecule has 0 saturated carbocycles. The maximum atomic E-state index is 9.74. The second kappa shape index (κ2) is 7.09. The summed E-state index contributed by atoms with van der Waals surface area (Å²) in [7, 11) is 0. The molecule has 112 valence electrons. The van der Waals surface area contributed by atoms with Crippen LogP contribution in [0.25, 0.3) is 5.69 Å². The third-order valence-corrected chi connectivity index (χ3v) is 3.46. The van der Waals surface area contributed by atoms with Gasteiger partial charge in [-0.2, -0.15) is 5.10 Å². The van der Waals surface area contributed by atoms with E-state index in [-0.39, 0.29) is 6.61 Å². The Kier molecular flexibility index (Phi) is 5.17. The molecule has 21 heavy (non-hydrogen) atoms. The van der Waals surface area contributed by atoms with Gasteiger partial charge in [-0.3, -0.25) is 0 Å². The Morgan fingerprint density at radius 1 is 1.33 bits per heavy atom. The van der Waals surface area contributed by atoms with Crippen LogP contribution in [0.5, 0.6) is 0 Å². The normalized spacial score (nSPS) is 10.6. The standard InChI is InChI=1S/C17H23N3O/c1-4-11-19(12-5-2)17-16(13-21)14(3)18-20(17)15-9-7-6-8-10-15/h4,6-10,21H,1,5,11-13H2,2-3H3. The second-order valence-electron chi connectivity index (χ2n) is 5.03. The first kappa shape index (κ1) is 15.3. The number of rotatable bonds is 7. The summed E-state index contributed by atoms with van der Waals surface area (Å²) in [6, 6.07) is 10.0. The zero-order chi connectivity index (χ0) is 15.2. The highest BCUT2D eigenvalue weighted by atomic mass is 16.3. The van der Waals surface area contributed by atoms with Crippen LogP contribution in [-0.2, 0) is 6.61 Å². The lowest BCUT2D eigenvalue weighted by Crippen LogP contribution is -2.27.